The fourth-order valence-corrected chi connectivity index (χ4v) is 2.54. The van der Waals surface area contributed by atoms with Gasteiger partial charge in [-0.3, -0.25) is 0 Å². The Kier molecular flexibility index (Phi) is 4.32. The first-order valence-electron chi connectivity index (χ1n) is 6.37. The summed E-state index contributed by atoms with van der Waals surface area (Å²) >= 11 is 5.89. The first kappa shape index (κ1) is 14.2. The van der Waals surface area contributed by atoms with Gasteiger partial charge in [-0.2, -0.15) is 0 Å². The van der Waals surface area contributed by atoms with E-state index < -0.39 is 5.97 Å². The minimum atomic E-state index is -0.425. The van der Waals surface area contributed by atoms with Crippen molar-refractivity contribution in [1.82, 2.24) is 0 Å². The lowest BCUT2D eigenvalue weighted by Crippen LogP contribution is -2.35. The van der Waals surface area contributed by atoms with Crippen molar-refractivity contribution >= 4 is 23.3 Å². The second-order valence-corrected chi connectivity index (χ2v) is 5.36. The molecule has 1 aromatic carbocycles. The Balaban J connectivity index is 2.06. The van der Waals surface area contributed by atoms with Gasteiger partial charge in [-0.1, -0.05) is 17.7 Å². The molecule has 2 unspecified atom stereocenters. The third-order valence-electron chi connectivity index (χ3n) is 3.20. The summed E-state index contributed by atoms with van der Waals surface area (Å²) in [6.45, 7) is 3.95. The highest BCUT2D eigenvalue weighted by molar-refractivity contribution is 6.33. The number of anilines is 1. The van der Waals surface area contributed by atoms with Gasteiger partial charge in [0.05, 0.1) is 28.5 Å². The number of esters is 1. The van der Waals surface area contributed by atoms with E-state index in [0.29, 0.717) is 23.4 Å². The zero-order valence-corrected chi connectivity index (χ0v) is 11.8. The average Bonchev–Trinajstić information content (AvgIpc) is 2.31. The number of hydrogen-bond acceptors (Lipinski definition) is 4. The van der Waals surface area contributed by atoms with Crippen LogP contribution in [0.25, 0.3) is 0 Å². The van der Waals surface area contributed by atoms with Crippen LogP contribution in [0.2, 0.25) is 5.02 Å². The first-order chi connectivity index (χ1) is 8.97. The van der Waals surface area contributed by atoms with Crippen LogP contribution in [0.4, 0.5) is 5.69 Å². The zero-order chi connectivity index (χ0) is 14.0. The molecule has 19 heavy (non-hydrogen) atoms. The molecular formula is C14H18ClNO3. The van der Waals surface area contributed by atoms with Crippen LogP contribution in [0.15, 0.2) is 18.2 Å². The number of carbonyl (C=O) groups is 1. The number of carbonyl (C=O) groups excluding carboxylic acids is 1. The van der Waals surface area contributed by atoms with E-state index in [-0.39, 0.29) is 24.0 Å². The van der Waals surface area contributed by atoms with Crippen molar-refractivity contribution in [2.24, 2.45) is 0 Å². The highest BCUT2D eigenvalue weighted by Crippen LogP contribution is 2.26. The minimum absolute atomic E-state index is 0.0956. The van der Waals surface area contributed by atoms with E-state index in [1.165, 1.54) is 0 Å². The van der Waals surface area contributed by atoms with E-state index in [2.05, 4.69) is 0 Å². The number of nitrogen functional groups attached to an aromatic ring is 1. The lowest BCUT2D eigenvalue weighted by Gasteiger charge is -2.31. The predicted octanol–water partition coefficient (Wildman–Crippen LogP) is 3.04. The highest BCUT2D eigenvalue weighted by atomic mass is 35.5. The molecule has 1 aliphatic rings. The van der Waals surface area contributed by atoms with Crippen LogP contribution in [0.5, 0.6) is 0 Å². The molecule has 0 aromatic heterocycles. The summed E-state index contributed by atoms with van der Waals surface area (Å²) in [4.78, 5) is 12.1. The lowest BCUT2D eigenvalue weighted by atomic mass is 10.0. The van der Waals surface area contributed by atoms with Gasteiger partial charge in [-0.15, -0.1) is 0 Å². The number of ether oxygens (including phenoxy) is 2. The summed E-state index contributed by atoms with van der Waals surface area (Å²) in [6.07, 6.45) is 1.47. The monoisotopic (exact) mass is 283 g/mol. The van der Waals surface area contributed by atoms with Crippen molar-refractivity contribution in [1.29, 1.82) is 0 Å². The summed E-state index contributed by atoms with van der Waals surface area (Å²) in [7, 11) is 0. The van der Waals surface area contributed by atoms with Crippen LogP contribution >= 0.6 is 11.6 Å². The van der Waals surface area contributed by atoms with E-state index in [9.17, 15) is 4.79 Å². The predicted molar refractivity (Wildman–Crippen MR) is 74.3 cm³/mol. The molecule has 1 aliphatic heterocycles. The summed E-state index contributed by atoms with van der Waals surface area (Å²) in [6, 6.07) is 4.95. The van der Waals surface area contributed by atoms with Crippen molar-refractivity contribution in [2.45, 2.75) is 45.0 Å². The standard InChI is InChI=1S/C14H18ClNO3/c1-8-6-10(7-9(2)18-8)19-14(17)11-4-3-5-12(15)13(11)16/h3-5,8-10H,6-7,16H2,1-2H3. The molecule has 2 N–H and O–H groups in total. The molecule has 1 saturated heterocycles. The van der Waals surface area contributed by atoms with Crippen LogP contribution in [0.3, 0.4) is 0 Å². The number of benzene rings is 1. The van der Waals surface area contributed by atoms with Gasteiger partial charge >= 0.3 is 5.97 Å². The Morgan fingerprint density at radius 3 is 2.63 bits per heavy atom. The van der Waals surface area contributed by atoms with Crippen molar-refractivity contribution in [3.63, 3.8) is 0 Å². The first-order valence-corrected chi connectivity index (χ1v) is 6.75. The maximum absolute atomic E-state index is 12.1. The van der Waals surface area contributed by atoms with Crippen LogP contribution < -0.4 is 5.73 Å². The van der Waals surface area contributed by atoms with Crippen molar-refractivity contribution in [3.8, 4) is 0 Å². The lowest BCUT2D eigenvalue weighted by molar-refractivity contribution is -0.0855. The van der Waals surface area contributed by atoms with Crippen LogP contribution in [0.1, 0.15) is 37.0 Å². The normalized spacial score (nSPS) is 27.0. The van der Waals surface area contributed by atoms with E-state index in [1.54, 1.807) is 18.2 Å². The molecule has 0 radical (unpaired) electrons. The molecule has 1 aromatic rings. The second-order valence-electron chi connectivity index (χ2n) is 4.96. The fraction of sp³-hybridized carbons (Fsp3) is 0.500. The van der Waals surface area contributed by atoms with Crippen molar-refractivity contribution < 1.29 is 14.3 Å². The molecular weight excluding hydrogens is 266 g/mol. The third kappa shape index (κ3) is 3.39. The van der Waals surface area contributed by atoms with Crippen LogP contribution in [-0.2, 0) is 9.47 Å². The van der Waals surface area contributed by atoms with E-state index in [0.717, 1.165) is 0 Å². The molecule has 0 spiro atoms. The molecule has 104 valence electrons. The number of hydrogen-bond donors (Lipinski definition) is 1. The molecule has 2 rings (SSSR count). The van der Waals surface area contributed by atoms with Gasteiger partial charge in [0.25, 0.3) is 0 Å². The maximum Gasteiger partial charge on any atom is 0.340 e. The minimum Gasteiger partial charge on any atom is -0.459 e. The number of halogens is 1. The van der Waals surface area contributed by atoms with Gasteiger partial charge in [0.2, 0.25) is 0 Å². The topological polar surface area (TPSA) is 61.5 Å². The highest BCUT2D eigenvalue weighted by Gasteiger charge is 2.28. The van der Waals surface area contributed by atoms with E-state index >= 15 is 0 Å². The summed E-state index contributed by atoms with van der Waals surface area (Å²) in [5.74, 6) is -0.425. The molecule has 1 heterocycles. The third-order valence-corrected chi connectivity index (χ3v) is 3.53. The molecule has 0 saturated carbocycles. The number of para-hydroxylation sites is 1. The molecule has 5 heteroatoms. The quantitative estimate of drug-likeness (QED) is 0.669. The molecule has 0 bridgehead atoms. The Hall–Kier alpha value is -1.26. The van der Waals surface area contributed by atoms with Crippen molar-refractivity contribution in [2.75, 3.05) is 5.73 Å². The van der Waals surface area contributed by atoms with Crippen LogP contribution in [-0.4, -0.2) is 24.3 Å². The van der Waals surface area contributed by atoms with Crippen LogP contribution in [0, 0.1) is 0 Å². The Labute approximate surface area is 117 Å². The molecule has 2 atom stereocenters. The summed E-state index contributed by atoms with van der Waals surface area (Å²) in [5.41, 5.74) is 6.37. The van der Waals surface area contributed by atoms with E-state index in [1.807, 2.05) is 13.8 Å². The van der Waals surface area contributed by atoms with Gasteiger partial charge in [-0.05, 0) is 26.0 Å². The van der Waals surface area contributed by atoms with Crippen molar-refractivity contribution in [3.05, 3.63) is 28.8 Å². The molecule has 4 nitrogen and oxygen atoms in total. The Morgan fingerprint density at radius 2 is 2.00 bits per heavy atom. The number of nitrogens with two attached hydrogens (primary N) is 1. The largest absolute Gasteiger partial charge is 0.459 e. The van der Waals surface area contributed by atoms with Gasteiger partial charge in [-0.25, -0.2) is 4.79 Å². The maximum atomic E-state index is 12.1. The smallest absolute Gasteiger partial charge is 0.340 e. The van der Waals surface area contributed by atoms with Gasteiger partial charge in [0.1, 0.15) is 6.10 Å². The fourth-order valence-electron chi connectivity index (χ4n) is 2.37. The number of rotatable bonds is 2. The molecule has 0 aliphatic carbocycles. The second kappa shape index (κ2) is 5.80. The Bertz CT molecular complexity index is 468. The van der Waals surface area contributed by atoms with Gasteiger partial charge < -0.3 is 15.2 Å². The zero-order valence-electron chi connectivity index (χ0n) is 11.1. The summed E-state index contributed by atoms with van der Waals surface area (Å²) < 4.78 is 11.1. The van der Waals surface area contributed by atoms with Gasteiger partial charge in [0.15, 0.2) is 0 Å². The Morgan fingerprint density at radius 1 is 1.37 bits per heavy atom. The SMILES string of the molecule is CC1CC(OC(=O)c2cccc(Cl)c2N)CC(C)O1. The molecule has 0 amide bonds. The molecule has 1 fully saturated rings. The van der Waals surface area contributed by atoms with E-state index in [4.69, 9.17) is 26.8 Å². The average molecular weight is 284 g/mol. The van der Waals surface area contributed by atoms with Gasteiger partial charge in [0, 0.05) is 12.8 Å². The summed E-state index contributed by atoms with van der Waals surface area (Å²) in [5, 5.41) is 0.364.